The largest absolute Gasteiger partial charge is 0.493 e. The molecule has 0 bridgehead atoms. The van der Waals surface area contributed by atoms with Crippen LogP contribution in [0.3, 0.4) is 0 Å². The maximum Gasteiger partial charge on any atom is 0.333 e. The fourth-order valence-corrected chi connectivity index (χ4v) is 8.93. The van der Waals surface area contributed by atoms with Crippen molar-refractivity contribution in [3.05, 3.63) is 83.2 Å². The summed E-state index contributed by atoms with van der Waals surface area (Å²) in [6, 6.07) is 14.5. The Kier molecular flexibility index (Phi) is 15.6. The molecule has 3 aromatic carbocycles. The number of ether oxygens (including phenoxy) is 5. The van der Waals surface area contributed by atoms with Gasteiger partial charge in [0.05, 0.1) is 33.0 Å². The van der Waals surface area contributed by atoms with Gasteiger partial charge in [-0.3, -0.25) is 0 Å². The minimum absolute atomic E-state index is 0.114. The molecule has 0 amide bonds. The van der Waals surface area contributed by atoms with Crippen molar-refractivity contribution in [3.63, 3.8) is 0 Å². The number of carbonyl (C=O) groups excluding carboxylic acids is 1. The van der Waals surface area contributed by atoms with E-state index in [1.165, 1.54) is 89.7 Å². The van der Waals surface area contributed by atoms with Gasteiger partial charge in [0.2, 0.25) is 0 Å². The van der Waals surface area contributed by atoms with Crippen LogP contribution in [0.15, 0.2) is 60.7 Å². The number of fused-ring (bicyclic) bond motifs is 1. The molecular weight excluding hydrogens is 718 g/mol. The number of rotatable bonds is 19. The topological polar surface area (TPSA) is 87.1 Å². The Labute approximate surface area is 339 Å². The second kappa shape index (κ2) is 21.0. The maximum absolute atomic E-state index is 15.2. The molecule has 0 radical (unpaired) electrons. The molecule has 0 aromatic heterocycles. The monoisotopic (exact) mass is 779 g/mol. The molecule has 0 spiro atoms. The average molecular weight is 780 g/mol. The van der Waals surface area contributed by atoms with E-state index in [-0.39, 0.29) is 32.2 Å². The van der Waals surface area contributed by atoms with Crippen LogP contribution in [0.5, 0.6) is 11.5 Å². The van der Waals surface area contributed by atoms with Crippen LogP contribution in [0.25, 0.3) is 10.8 Å². The molecule has 1 N–H and O–H groups in total. The molecule has 1 saturated heterocycles. The van der Waals surface area contributed by atoms with Crippen molar-refractivity contribution in [2.45, 2.75) is 97.3 Å². The van der Waals surface area contributed by atoms with Crippen molar-refractivity contribution in [2.24, 2.45) is 29.1 Å². The highest BCUT2D eigenvalue weighted by molar-refractivity contribution is 5.87. The van der Waals surface area contributed by atoms with E-state index in [1.54, 1.807) is 31.2 Å². The fourth-order valence-electron chi connectivity index (χ4n) is 8.93. The number of benzene rings is 3. The average Bonchev–Trinajstić information content (AvgIpc) is 3.22. The second-order valence-electron chi connectivity index (χ2n) is 16.8. The zero-order valence-electron chi connectivity index (χ0n) is 34.2. The third kappa shape index (κ3) is 11.9. The van der Waals surface area contributed by atoms with Crippen LogP contribution in [0.4, 0.5) is 4.39 Å². The Hall–Kier alpha value is -4.19. The van der Waals surface area contributed by atoms with Gasteiger partial charge in [0.25, 0.3) is 0 Å². The molecule has 57 heavy (non-hydrogen) atoms. The molecule has 0 atom stereocenters. The van der Waals surface area contributed by atoms with Gasteiger partial charge in [-0.25, -0.2) is 9.18 Å². The zero-order chi connectivity index (χ0) is 40.0. The first kappa shape index (κ1) is 42.4. The van der Waals surface area contributed by atoms with Crippen LogP contribution in [0.1, 0.15) is 114 Å². The summed E-state index contributed by atoms with van der Waals surface area (Å²) >= 11 is 0. The maximum atomic E-state index is 15.2. The molecular formula is C49H62FNO6. The number of unbranched alkanes of at least 4 members (excludes halogenated alkanes) is 1. The highest BCUT2D eigenvalue weighted by Gasteiger charge is 2.36. The Balaban J connectivity index is 0.903. The van der Waals surface area contributed by atoms with E-state index in [4.69, 9.17) is 29.1 Å². The van der Waals surface area contributed by atoms with Gasteiger partial charge >= 0.3 is 5.97 Å². The van der Waals surface area contributed by atoms with Crippen LogP contribution in [0, 0.1) is 52.2 Å². The quantitative estimate of drug-likeness (QED) is 0.0429. The van der Waals surface area contributed by atoms with E-state index in [9.17, 15) is 4.79 Å². The Morgan fingerprint density at radius 1 is 0.895 bits per heavy atom. The van der Waals surface area contributed by atoms with Gasteiger partial charge in [0.1, 0.15) is 19.0 Å². The van der Waals surface area contributed by atoms with Crippen LogP contribution in [-0.2, 0) is 19.0 Å². The fraction of sp³-hybridized carbons (Fsp3) is 0.551. The third-order valence-corrected chi connectivity index (χ3v) is 12.8. The number of hydrogen-bond donors (Lipinski definition) is 1. The molecule has 1 heterocycles. The van der Waals surface area contributed by atoms with Crippen LogP contribution >= 0.6 is 0 Å². The standard InChI is InChI=1S/C49H62FNO6/c1-4-49(33-54-34-49)24-6-5-7-36-8-14-39(15-9-36)40-17-11-38(12-18-40)32-57-44-21-19-41(43(30-44)31-51)16-10-37-13-22-45-42(29-37)20-23-46(47(45)50)55-27-25-53-26-28-56-48(52)35(2)3/h13,19-23,29-31,36,38-40,51H,2,4-9,11-12,14-15,17-18,24-28,32-34H2,1,3H3. The van der Waals surface area contributed by atoms with Crippen molar-refractivity contribution in [2.75, 3.05) is 46.2 Å². The zero-order valence-corrected chi connectivity index (χ0v) is 34.2. The summed E-state index contributed by atoms with van der Waals surface area (Å²) in [7, 11) is 0. The summed E-state index contributed by atoms with van der Waals surface area (Å²) in [4.78, 5) is 11.4. The highest BCUT2D eigenvalue weighted by atomic mass is 19.1. The van der Waals surface area contributed by atoms with Gasteiger partial charge in [-0.15, -0.1) is 0 Å². The summed E-state index contributed by atoms with van der Waals surface area (Å²) in [6.45, 7) is 10.8. The van der Waals surface area contributed by atoms with Crippen molar-refractivity contribution < 1.29 is 32.9 Å². The smallest absolute Gasteiger partial charge is 0.333 e. The summed E-state index contributed by atoms with van der Waals surface area (Å²) in [6.07, 6.45) is 19.0. The first-order chi connectivity index (χ1) is 27.8. The molecule has 2 saturated carbocycles. The molecule has 3 aliphatic rings. The van der Waals surface area contributed by atoms with Crippen molar-refractivity contribution >= 4 is 23.0 Å². The van der Waals surface area contributed by atoms with E-state index in [1.807, 2.05) is 24.3 Å². The van der Waals surface area contributed by atoms with Gasteiger partial charge in [-0.1, -0.05) is 69.6 Å². The molecule has 2 aliphatic carbocycles. The van der Waals surface area contributed by atoms with Gasteiger partial charge < -0.3 is 29.1 Å². The molecule has 7 nitrogen and oxygen atoms in total. The van der Waals surface area contributed by atoms with Gasteiger partial charge in [-0.2, -0.15) is 0 Å². The van der Waals surface area contributed by atoms with Gasteiger partial charge in [0.15, 0.2) is 11.6 Å². The van der Waals surface area contributed by atoms with Crippen molar-refractivity contribution in [1.82, 2.24) is 0 Å². The number of esters is 1. The summed E-state index contributed by atoms with van der Waals surface area (Å²) in [5.74, 6) is 9.73. The van der Waals surface area contributed by atoms with E-state index in [2.05, 4.69) is 25.3 Å². The lowest BCUT2D eigenvalue weighted by atomic mass is 9.68. The van der Waals surface area contributed by atoms with Gasteiger partial charge in [0, 0.05) is 39.3 Å². The normalized spacial score (nSPS) is 21.5. The molecule has 306 valence electrons. The second-order valence-corrected chi connectivity index (χ2v) is 16.8. The van der Waals surface area contributed by atoms with Crippen LogP contribution in [-0.4, -0.2) is 58.4 Å². The van der Waals surface area contributed by atoms with Crippen molar-refractivity contribution in [3.8, 4) is 23.3 Å². The van der Waals surface area contributed by atoms with Crippen LogP contribution in [0.2, 0.25) is 0 Å². The molecule has 0 unspecified atom stereocenters. The van der Waals surface area contributed by atoms with Crippen molar-refractivity contribution in [1.29, 1.82) is 5.41 Å². The molecule has 6 rings (SSSR count). The lowest BCUT2D eigenvalue weighted by Gasteiger charge is -2.41. The predicted octanol–water partition coefficient (Wildman–Crippen LogP) is 10.9. The van der Waals surface area contributed by atoms with E-state index in [0.29, 0.717) is 33.2 Å². The predicted molar refractivity (Wildman–Crippen MR) is 225 cm³/mol. The first-order valence-electron chi connectivity index (χ1n) is 21.4. The summed E-state index contributed by atoms with van der Waals surface area (Å²) in [5.41, 5.74) is 3.04. The molecule has 8 heteroatoms. The Morgan fingerprint density at radius 2 is 1.63 bits per heavy atom. The Bertz CT molecular complexity index is 1870. The summed E-state index contributed by atoms with van der Waals surface area (Å²) < 4.78 is 43.0. The number of halogens is 1. The van der Waals surface area contributed by atoms with E-state index >= 15 is 4.39 Å². The molecule has 3 aromatic rings. The summed E-state index contributed by atoms with van der Waals surface area (Å²) in [5, 5.41) is 9.19. The minimum atomic E-state index is -0.459. The number of nitrogens with one attached hydrogen (secondary N) is 1. The molecule has 1 aliphatic heterocycles. The van der Waals surface area contributed by atoms with Gasteiger partial charge in [-0.05, 0) is 124 Å². The van der Waals surface area contributed by atoms with Crippen LogP contribution < -0.4 is 9.47 Å². The Morgan fingerprint density at radius 3 is 2.32 bits per heavy atom. The number of hydrogen-bond acceptors (Lipinski definition) is 7. The molecule has 3 fully saturated rings. The minimum Gasteiger partial charge on any atom is -0.493 e. The highest BCUT2D eigenvalue weighted by Crippen LogP contribution is 2.43. The lowest BCUT2D eigenvalue weighted by Crippen LogP contribution is -2.41. The first-order valence-corrected chi connectivity index (χ1v) is 21.4. The van der Waals surface area contributed by atoms with E-state index in [0.717, 1.165) is 54.5 Å². The SMILES string of the molecule is C=C(C)C(=O)OCCOCCOc1ccc2cc(C#Cc3ccc(OCC4CCC(C5CCC(CCCCC6(CC)COC6)CC5)CC4)cc3C=N)ccc2c1F. The number of carbonyl (C=O) groups is 1. The lowest BCUT2D eigenvalue weighted by molar-refractivity contribution is -0.140. The van der Waals surface area contributed by atoms with E-state index < -0.39 is 11.8 Å². The third-order valence-electron chi connectivity index (χ3n) is 12.8.